The molecule has 1 N–H and O–H groups in total. The number of pyridine rings is 1. The average molecular weight is 233 g/mol. The number of nitrogens with zero attached hydrogens (tertiary/aromatic N) is 2. The molecular formula is C13H19N3O. The lowest BCUT2D eigenvalue weighted by molar-refractivity contribution is -0.118. The molecule has 0 aliphatic rings. The van der Waals surface area contributed by atoms with E-state index in [0.717, 1.165) is 12.1 Å². The van der Waals surface area contributed by atoms with Gasteiger partial charge in [-0.3, -0.25) is 9.78 Å². The van der Waals surface area contributed by atoms with Crippen LogP contribution in [0.3, 0.4) is 0 Å². The fourth-order valence-corrected chi connectivity index (χ4v) is 1.53. The highest BCUT2D eigenvalue weighted by molar-refractivity contribution is 5.92. The number of aromatic nitrogens is 1. The highest BCUT2D eigenvalue weighted by Crippen LogP contribution is 1.98. The lowest BCUT2D eigenvalue weighted by Gasteiger charge is -2.16. The average Bonchev–Trinajstić information content (AvgIpc) is 2.30. The molecule has 1 aromatic rings. The zero-order chi connectivity index (χ0) is 12.7. The minimum atomic E-state index is -0.0477. The van der Waals surface area contributed by atoms with Crippen LogP contribution in [0.1, 0.15) is 12.6 Å². The highest BCUT2D eigenvalue weighted by Gasteiger charge is 2.09. The Morgan fingerprint density at radius 3 is 2.76 bits per heavy atom. The topological polar surface area (TPSA) is 45.2 Å². The molecule has 0 atom stereocenters. The number of hydrogen-bond donors (Lipinski definition) is 1. The summed E-state index contributed by atoms with van der Waals surface area (Å²) in [4.78, 5) is 17.8. The minimum absolute atomic E-state index is 0.0477. The number of allylic oxidation sites excluding steroid dienone is 1. The molecule has 92 valence electrons. The van der Waals surface area contributed by atoms with Crippen LogP contribution >= 0.6 is 0 Å². The number of carbonyl (C=O) groups excluding carboxylic acids is 1. The van der Waals surface area contributed by atoms with Gasteiger partial charge in [-0.15, -0.1) is 0 Å². The molecule has 0 aromatic carbocycles. The molecule has 4 nitrogen and oxygen atoms in total. The normalized spacial score (nSPS) is 11.1. The summed E-state index contributed by atoms with van der Waals surface area (Å²) in [6.07, 6.45) is 4.31. The Kier molecular flexibility index (Phi) is 5.20. The van der Waals surface area contributed by atoms with Gasteiger partial charge in [-0.05, 0) is 19.1 Å². The summed E-state index contributed by atoms with van der Waals surface area (Å²) in [5, 5.41) is 2.87. The lowest BCUT2D eigenvalue weighted by atomic mass is 10.2. The smallest absolute Gasteiger partial charge is 0.267 e. The molecule has 1 amide bonds. The standard InChI is InChI=1S/C13H19N3O/c1-4-12(16(2)3)13(17)15-10-8-11-7-5-6-9-14-11/h4-7,9H,8,10H2,1-3H3,(H,15,17). The Balaban J connectivity index is 2.39. The maximum Gasteiger partial charge on any atom is 0.267 e. The van der Waals surface area contributed by atoms with Crippen LogP contribution in [-0.2, 0) is 11.2 Å². The van der Waals surface area contributed by atoms with Crippen LogP contribution in [0.4, 0.5) is 0 Å². The third-order valence-electron chi connectivity index (χ3n) is 2.38. The van der Waals surface area contributed by atoms with Crippen molar-refractivity contribution < 1.29 is 4.79 Å². The van der Waals surface area contributed by atoms with Crippen LogP contribution in [0.5, 0.6) is 0 Å². The summed E-state index contributed by atoms with van der Waals surface area (Å²) in [6, 6.07) is 5.78. The zero-order valence-electron chi connectivity index (χ0n) is 10.6. The summed E-state index contributed by atoms with van der Waals surface area (Å²) in [5.41, 5.74) is 1.66. The molecule has 0 saturated heterocycles. The maximum absolute atomic E-state index is 11.8. The first-order valence-electron chi connectivity index (χ1n) is 5.67. The van der Waals surface area contributed by atoms with Gasteiger partial charge < -0.3 is 10.2 Å². The van der Waals surface area contributed by atoms with E-state index in [9.17, 15) is 4.79 Å². The highest BCUT2D eigenvalue weighted by atomic mass is 16.2. The molecule has 0 saturated carbocycles. The first-order chi connectivity index (χ1) is 8.15. The van der Waals surface area contributed by atoms with Crippen molar-refractivity contribution >= 4 is 5.91 Å². The Morgan fingerprint density at radius 2 is 2.24 bits per heavy atom. The predicted molar refractivity (Wildman–Crippen MR) is 68.4 cm³/mol. The second-order valence-corrected chi connectivity index (χ2v) is 3.90. The van der Waals surface area contributed by atoms with Gasteiger partial charge in [0, 0.05) is 39.0 Å². The van der Waals surface area contributed by atoms with Gasteiger partial charge in [-0.2, -0.15) is 0 Å². The van der Waals surface area contributed by atoms with Crippen LogP contribution in [0.2, 0.25) is 0 Å². The summed E-state index contributed by atoms with van der Waals surface area (Å²) in [5.74, 6) is -0.0477. The van der Waals surface area contributed by atoms with E-state index in [1.165, 1.54) is 0 Å². The SMILES string of the molecule is CC=C(C(=O)NCCc1ccccn1)N(C)C. The summed E-state index contributed by atoms with van der Waals surface area (Å²) < 4.78 is 0. The van der Waals surface area contributed by atoms with Crippen molar-refractivity contribution in [2.45, 2.75) is 13.3 Å². The Labute approximate surface area is 102 Å². The molecule has 1 aromatic heterocycles. The zero-order valence-corrected chi connectivity index (χ0v) is 10.6. The van der Waals surface area contributed by atoms with E-state index in [-0.39, 0.29) is 5.91 Å². The van der Waals surface area contributed by atoms with E-state index in [2.05, 4.69) is 10.3 Å². The number of carbonyl (C=O) groups is 1. The molecule has 0 fully saturated rings. The maximum atomic E-state index is 11.8. The fraction of sp³-hybridized carbons (Fsp3) is 0.385. The first-order valence-corrected chi connectivity index (χ1v) is 5.67. The van der Waals surface area contributed by atoms with Crippen LogP contribution in [0, 0.1) is 0 Å². The van der Waals surface area contributed by atoms with Crippen molar-refractivity contribution in [3.63, 3.8) is 0 Å². The van der Waals surface area contributed by atoms with Crippen molar-refractivity contribution in [3.8, 4) is 0 Å². The molecule has 0 bridgehead atoms. The largest absolute Gasteiger partial charge is 0.373 e. The van der Waals surface area contributed by atoms with Crippen molar-refractivity contribution in [1.82, 2.24) is 15.2 Å². The number of hydrogen-bond acceptors (Lipinski definition) is 3. The van der Waals surface area contributed by atoms with E-state index >= 15 is 0 Å². The predicted octanol–water partition coefficient (Wildman–Crippen LogP) is 1.21. The molecule has 0 radical (unpaired) electrons. The monoisotopic (exact) mass is 233 g/mol. The molecule has 0 spiro atoms. The van der Waals surface area contributed by atoms with E-state index in [0.29, 0.717) is 12.2 Å². The first kappa shape index (κ1) is 13.2. The molecule has 17 heavy (non-hydrogen) atoms. The van der Waals surface area contributed by atoms with Gasteiger partial charge >= 0.3 is 0 Å². The van der Waals surface area contributed by atoms with Gasteiger partial charge in [0.15, 0.2) is 0 Å². The third-order valence-corrected chi connectivity index (χ3v) is 2.38. The van der Waals surface area contributed by atoms with Gasteiger partial charge in [-0.25, -0.2) is 0 Å². The van der Waals surface area contributed by atoms with Crippen LogP contribution in [-0.4, -0.2) is 36.4 Å². The van der Waals surface area contributed by atoms with Gasteiger partial charge in [0.05, 0.1) is 5.70 Å². The number of amides is 1. The van der Waals surface area contributed by atoms with Crippen molar-refractivity contribution in [2.75, 3.05) is 20.6 Å². The Hall–Kier alpha value is -1.84. The Bertz CT molecular complexity index is 385. The van der Waals surface area contributed by atoms with Crippen LogP contribution in [0.15, 0.2) is 36.2 Å². The number of nitrogens with one attached hydrogen (secondary N) is 1. The van der Waals surface area contributed by atoms with Gasteiger partial charge in [0.25, 0.3) is 5.91 Å². The van der Waals surface area contributed by atoms with E-state index < -0.39 is 0 Å². The number of likely N-dealkylation sites (N-methyl/N-ethyl adjacent to an activating group) is 1. The summed E-state index contributed by atoms with van der Waals surface area (Å²) >= 11 is 0. The second kappa shape index (κ2) is 6.68. The molecule has 0 aliphatic carbocycles. The molecule has 1 heterocycles. The van der Waals surface area contributed by atoms with Crippen molar-refractivity contribution in [3.05, 3.63) is 41.9 Å². The van der Waals surface area contributed by atoms with Gasteiger partial charge in [-0.1, -0.05) is 12.1 Å². The van der Waals surface area contributed by atoms with Crippen molar-refractivity contribution in [1.29, 1.82) is 0 Å². The van der Waals surface area contributed by atoms with Gasteiger partial charge in [0.2, 0.25) is 0 Å². The number of rotatable bonds is 5. The minimum Gasteiger partial charge on any atom is -0.373 e. The summed E-state index contributed by atoms with van der Waals surface area (Å²) in [6.45, 7) is 2.45. The molecular weight excluding hydrogens is 214 g/mol. The van der Waals surface area contributed by atoms with E-state index in [1.54, 1.807) is 17.2 Å². The van der Waals surface area contributed by atoms with Crippen LogP contribution in [0.25, 0.3) is 0 Å². The van der Waals surface area contributed by atoms with Crippen LogP contribution < -0.4 is 5.32 Å². The molecule has 4 heteroatoms. The summed E-state index contributed by atoms with van der Waals surface area (Å²) in [7, 11) is 3.71. The molecule has 0 unspecified atom stereocenters. The van der Waals surface area contributed by atoms with Crippen molar-refractivity contribution in [2.24, 2.45) is 0 Å². The Morgan fingerprint density at radius 1 is 1.47 bits per heavy atom. The fourth-order valence-electron chi connectivity index (χ4n) is 1.53. The third kappa shape index (κ3) is 4.26. The lowest BCUT2D eigenvalue weighted by Crippen LogP contribution is -2.32. The van der Waals surface area contributed by atoms with E-state index in [1.807, 2.05) is 39.2 Å². The molecule has 1 rings (SSSR count). The van der Waals surface area contributed by atoms with E-state index in [4.69, 9.17) is 0 Å². The second-order valence-electron chi connectivity index (χ2n) is 3.90. The van der Waals surface area contributed by atoms with Gasteiger partial charge in [0.1, 0.15) is 0 Å². The molecule has 0 aliphatic heterocycles. The quantitative estimate of drug-likeness (QED) is 0.777.